The van der Waals surface area contributed by atoms with Crippen LogP contribution in [0.4, 0.5) is 8.78 Å². The van der Waals surface area contributed by atoms with Crippen LogP contribution >= 0.6 is 24.0 Å². The molecule has 0 aliphatic carbocycles. The first-order valence-corrected chi connectivity index (χ1v) is 8.95. The Kier molecular flexibility index (Phi) is 8.33. The fraction of sp³-hybridized carbons (Fsp3) is 0.611. The number of ether oxygens (including phenoxy) is 1. The third-order valence-electron chi connectivity index (χ3n) is 4.88. The minimum absolute atomic E-state index is 0. The number of halogens is 3. The van der Waals surface area contributed by atoms with Gasteiger partial charge in [-0.2, -0.15) is 0 Å². The van der Waals surface area contributed by atoms with Crippen molar-refractivity contribution in [1.29, 1.82) is 0 Å². The third-order valence-corrected chi connectivity index (χ3v) is 4.88. The molecule has 1 unspecified atom stereocenters. The maximum Gasteiger partial charge on any atom is 0.193 e. The number of guanidine groups is 1. The van der Waals surface area contributed by atoms with Gasteiger partial charge in [-0.1, -0.05) is 0 Å². The number of rotatable bonds is 5. The van der Waals surface area contributed by atoms with Gasteiger partial charge in [-0.05, 0) is 44.5 Å². The number of nitrogens with one attached hydrogen (secondary N) is 1. The molecule has 1 aromatic carbocycles. The molecule has 0 saturated carbocycles. The van der Waals surface area contributed by atoms with Crippen LogP contribution in [0.5, 0.6) is 5.75 Å². The minimum Gasteiger partial charge on any atom is -0.492 e. The Hall–Kier alpha value is -1.16. The summed E-state index contributed by atoms with van der Waals surface area (Å²) in [4.78, 5) is 9.21. The smallest absolute Gasteiger partial charge is 0.193 e. The number of benzene rings is 1. The van der Waals surface area contributed by atoms with Gasteiger partial charge in [0.1, 0.15) is 12.4 Å². The highest BCUT2D eigenvalue weighted by Gasteiger charge is 2.30. The van der Waals surface area contributed by atoms with E-state index in [1.165, 1.54) is 38.4 Å². The second kappa shape index (κ2) is 10.2. The predicted octanol–water partition coefficient (Wildman–Crippen LogP) is 2.71. The zero-order valence-corrected chi connectivity index (χ0v) is 17.4. The van der Waals surface area contributed by atoms with E-state index in [-0.39, 0.29) is 24.0 Å². The molecule has 0 aromatic heterocycles. The molecule has 1 atom stereocenters. The van der Waals surface area contributed by atoms with Gasteiger partial charge in [-0.25, -0.2) is 8.78 Å². The van der Waals surface area contributed by atoms with Crippen LogP contribution in [-0.4, -0.2) is 68.2 Å². The van der Waals surface area contributed by atoms with E-state index in [0.29, 0.717) is 24.9 Å². The molecule has 0 spiro atoms. The van der Waals surface area contributed by atoms with E-state index < -0.39 is 11.6 Å². The van der Waals surface area contributed by atoms with Gasteiger partial charge < -0.3 is 15.0 Å². The number of likely N-dealkylation sites (tertiary alicyclic amines) is 2. The molecular formula is C18H27F2IN4O. The highest BCUT2D eigenvalue weighted by atomic mass is 127. The lowest BCUT2D eigenvalue weighted by atomic mass is 10.2. The van der Waals surface area contributed by atoms with Crippen LogP contribution < -0.4 is 10.1 Å². The van der Waals surface area contributed by atoms with Crippen molar-refractivity contribution in [2.24, 2.45) is 4.99 Å². The molecular weight excluding hydrogens is 453 g/mol. The summed E-state index contributed by atoms with van der Waals surface area (Å²) in [5, 5.41) is 3.28. The zero-order valence-electron chi connectivity index (χ0n) is 15.1. The van der Waals surface area contributed by atoms with Crippen LogP contribution in [0.3, 0.4) is 0 Å². The van der Waals surface area contributed by atoms with Crippen molar-refractivity contribution in [3.8, 4) is 5.75 Å². The van der Waals surface area contributed by atoms with E-state index in [1.54, 1.807) is 7.05 Å². The molecule has 1 N–H and O–H groups in total. The van der Waals surface area contributed by atoms with Crippen molar-refractivity contribution in [3.05, 3.63) is 29.8 Å². The van der Waals surface area contributed by atoms with Crippen LogP contribution in [0, 0.1) is 11.6 Å². The second-order valence-corrected chi connectivity index (χ2v) is 6.53. The molecule has 2 aliphatic heterocycles. The van der Waals surface area contributed by atoms with E-state index in [4.69, 9.17) is 4.74 Å². The minimum atomic E-state index is -0.897. The first kappa shape index (κ1) is 21.1. The summed E-state index contributed by atoms with van der Waals surface area (Å²) in [5.74, 6) is -0.569. The third kappa shape index (κ3) is 5.42. The van der Waals surface area contributed by atoms with Gasteiger partial charge in [-0.15, -0.1) is 24.0 Å². The molecule has 146 valence electrons. The molecule has 2 aliphatic rings. The van der Waals surface area contributed by atoms with E-state index in [0.717, 1.165) is 31.2 Å². The van der Waals surface area contributed by atoms with E-state index in [9.17, 15) is 8.78 Å². The molecule has 5 nitrogen and oxygen atoms in total. The van der Waals surface area contributed by atoms with Gasteiger partial charge in [0.05, 0.1) is 6.54 Å². The van der Waals surface area contributed by atoms with E-state index >= 15 is 0 Å². The lowest BCUT2D eigenvalue weighted by Gasteiger charge is -2.25. The average molecular weight is 480 g/mol. The Labute approximate surface area is 170 Å². The molecule has 2 saturated heterocycles. The molecule has 2 fully saturated rings. The summed E-state index contributed by atoms with van der Waals surface area (Å²) in [7, 11) is 1.78. The maximum atomic E-state index is 13.1. The average Bonchev–Trinajstić information content (AvgIpc) is 3.29. The second-order valence-electron chi connectivity index (χ2n) is 6.53. The Morgan fingerprint density at radius 1 is 1.23 bits per heavy atom. The summed E-state index contributed by atoms with van der Waals surface area (Å²) < 4.78 is 31.5. The standard InChI is InChI=1S/C18H26F2N4O.HI/c1-21-18(24-10-6-14(13-24)23-8-2-3-9-23)22-7-11-25-15-4-5-16(19)17(20)12-15;/h4-5,12,14H,2-3,6-11,13H2,1H3,(H,21,22);1H. The lowest BCUT2D eigenvalue weighted by molar-refractivity contribution is 0.249. The Balaban J connectivity index is 0.00000243. The Morgan fingerprint density at radius 3 is 2.69 bits per heavy atom. The van der Waals surface area contributed by atoms with Crippen molar-refractivity contribution in [2.75, 3.05) is 46.4 Å². The highest BCUT2D eigenvalue weighted by molar-refractivity contribution is 14.0. The zero-order chi connectivity index (χ0) is 17.6. The first-order chi connectivity index (χ1) is 12.2. The van der Waals surface area contributed by atoms with Crippen LogP contribution in [0.15, 0.2) is 23.2 Å². The molecule has 3 rings (SSSR count). The Bertz CT molecular complexity index is 611. The molecule has 8 heteroatoms. The van der Waals surface area contributed by atoms with Crippen LogP contribution in [0.25, 0.3) is 0 Å². The van der Waals surface area contributed by atoms with E-state index in [2.05, 4.69) is 20.1 Å². The SMILES string of the molecule is CN=C(NCCOc1ccc(F)c(F)c1)N1CCC(N2CCCC2)C1.I. The topological polar surface area (TPSA) is 40.1 Å². The number of aliphatic imine (C=N–C) groups is 1. The van der Waals surface area contributed by atoms with Crippen molar-refractivity contribution in [3.63, 3.8) is 0 Å². The van der Waals surface area contributed by atoms with Crippen LogP contribution in [0.1, 0.15) is 19.3 Å². The molecule has 0 amide bonds. The number of hydrogen-bond donors (Lipinski definition) is 1. The molecule has 26 heavy (non-hydrogen) atoms. The van der Waals surface area contributed by atoms with Crippen LogP contribution in [-0.2, 0) is 0 Å². The normalized spacial score (nSPS) is 21.0. The van der Waals surface area contributed by atoms with Crippen molar-refractivity contribution in [1.82, 2.24) is 15.1 Å². The van der Waals surface area contributed by atoms with Gasteiger partial charge in [0.15, 0.2) is 17.6 Å². The van der Waals surface area contributed by atoms with E-state index in [1.807, 2.05) is 0 Å². The van der Waals surface area contributed by atoms with Gasteiger partial charge in [0, 0.05) is 32.2 Å². The fourth-order valence-electron chi connectivity index (χ4n) is 3.57. The quantitative estimate of drug-likeness (QED) is 0.305. The summed E-state index contributed by atoms with van der Waals surface area (Å²) in [6.07, 6.45) is 3.79. The fourth-order valence-corrected chi connectivity index (χ4v) is 3.57. The Morgan fingerprint density at radius 2 is 2.00 bits per heavy atom. The predicted molar refractivity (Wildman–Crippen MR) is 109 cm³/mol. The molecule has 1 aromatic rings. The number of nitrogens with zero attached hydrogens (tertiary/aromatic N) is 3. The summed E-state index contributed by atoms with van der Waals surface area (Å²) in [6, 6.07) is 4.18. The van der Waals surface area contributed by atoms with Crippen LogP contribution in [0.2, 0.25) is 0 Å². The van der Waals surface area contributed by atoms with Gasteiger partial charge in [0.2, 0.25) is 0 Å². The maximum absolute atomic E-state index is 13.1. The monoisotopic (exact) mass is 480 g/mol. The summed E-state index contributed by atoms with van der Waals surface area (Å²) >= 11 is 0. The van der Waals surface area contributed by atoms with Crippen molar-refractivity contribution < 1.29 is 13.5 Å². The van der Waals surface area contributed by atoms with Gasteiger partial charge >= 0.3 is 0 Å². The van der Waals surface area contributed by atoms with Gasteiger partial charge in [0.25, 0.3) is 0 Å². The molecule has 0 radical (unpaired) electrons. The highest BCUT2D eigenvalue weighted by Crippen LogP contribution is 2.20. The lowest BCUT2D eigenvalue weighted by Crippen LogP contribution is -2.43. The first-order valence-electron chi connectivity index (χ1n) is 8.95. The van der Waals surface area contributed by atoms with Crippen molar-refractivity contribution >= 4 is 29.9 Å². The largest absolute Gasteiger partial charge is 0.492 e. The number of hydrogen-bond acceptors (Lipinski definition) is 3. The van der Waals surface area contributed by atoms with Crippen molar-refractivity contribution in [2.45, 2.75) is 25.3 Å². The molecule has 0 bridgehead atoms. The summed E-state index contributed by atoms with van der Waals surface area (Å²) in [5.41, 5.74) is 0. The van der Waals surface area contributed by atoms with Gasteiger partial charge in [-0.3, -0.25) is 9.89 Å². The molecule has 2 heterocycles. The summed E-state index contributed by atoms with van der Waals surface area (Å²) in [6.45, 7) is 5.35.